The predicted molar refractivity (Wildman–Crippen MR) is 77.1 cm³/mol. The van der Waals surface area contributed by atoms with E-state index in [9.17, 15) is 0 Å². The number of fused-ring (bicyclic) bond motifs is 2. The smallest absolute Gasteiger partial charge is 0.155 e. The second-order valence-electron chi connectivity index (χ2n) is 5.16. The first-order valence-electron chi connectivity index (χ1n) is 6.82. The van der Waals surface area contributed by atoms with Crippen molar-refractivity contribution >= 4 is 5.65 Å². The Morgan fingerprint density at radius 1 is 1.20 bits per heavy atom. The summed E-state index contributed by atoms with van der Waals surface area (Å²) in [4.78, 5) is 4.57. The second-order valence-corrected chi connectivity index (χ2v) is 5.16. The Kier molecular flexibility index (Phi) is 2.33. The Labute approximate surface area is 117 Å². The van der Waals surface area contributed by atoms with Crippen molar-refractivity contribution in [3.63, 3.8) is 0 Å². The van der Waals surface area contributed by atoms with E-state index in [4.69, 9.17) is 4.74 Å². The van der Waals surface area contributed by atoms with Crippen molar-refractivity contribution in [1.82, 2.24) is 14.6 Å². The van der Waals surface area contributed by atoms with E-state index in [0.29, 0.717) is 0 Å². The summed E-state index contributed by atoms with van der Waals surface area (Å²) in [5, 5.41) is 4.42. The minimum atomic E-state index is 0.762. The molecule has 1 aromatic carbocycles. The van der Waals surface area contributed by atoms with Crippen molar-refractivity contribution in [2.75, 3.05) is 6.61 Å². The summed E-state index contributed by atoms with van der Waals surface area (Å²) in [5.74, 6) is 0.998. The van der Waals surface area contributed by atoms with E-state index in [1.54, 1.807) is 6.20 Å². The minimum absolute atomic E-state index is 0.762. The van der Waals surface area contributed by atoms with Crippen LogP contribution in [-0.2, 0) is 6.42 Å². The third-order valence-electron chi connectivity index (χ3n) is 3.98. The molecule has 0 aliphatic carbocycles. The summed E-state index contributed by atoms with van der Waals surface area (Å²) in [6.07, 6.45) is 2.77. The molecule has 20 heavy (non-hydrogen) atoms. The fourth-order valence-electron chi connectivity index (χ4n) is 2.86. The van der Waals surface area contributed by atoms with Gasteiger partial charge in [0.2, 0.25) is 0 Å². The van der Waals surface area contributed by atoms with Crippen molar-refractivity contribution in [1.29, 1.82) is 0 Å². The highest BCUT2D eigenvalue weighted by Gasteiger charge is 2.21. The van der Waals surface area contributed by atoms with E-state index in [2.05, 4.69) is 35.2 Å². The second kappa shape index (κ2) is 4.07. The Balaban J connectivity index is 2.11. The average Bonchev–Trinajstić information content (AvgIpc) is 3.08. The highest BCUT2D eigenvalue weighted by atomic mass is 16.5. The van der Waals surface area contributed by atoms with Crippen molar-refractivity contribution in [2.24, 2.45) is 0 Å². The molecule has 0 unspecified atom stereocenters. The quantitative estimate of drug-likeness (QED) is 0.679. The normalized spacial score (nSPS) is 13.5. The molecule has 4 heteroatoms. The van der Waals surface area contributed by atoms with Crippen molar-refractivity contribution in [3.8, 4) is 17.0 Å². The van der Waals surface area contributed by atoms with Gasteiger partial charge in [-0.3, -0.25) is 0 Å². The van der Waals surface area contributed by atoms with E-state index in [0.717, 1.165) is 46.9 Å². The molecule has 1 aliphatic heterocycles. The third-order valence-corrected chi connectivity index (χ3v) is 3.98. The first-order chi connectivity index (χ1) is 9.75. The molecular weight excluding hydrogens is 250 g/mol. The van der Waals surface area contributed by atoms with Crippen LogP contribution in [0.2, 0.25) is 0 Å². The van der Waals surface area contributed by atoms with Gasteiger partial charge in [0.15, 0.2) is 5.65 Å². The Bertz CT molecular complexity index is 820. The number of para-hydroxylation sites is 1. The number of rotatable bonds is 1. The molecule has 1 aliphatic rings. The molecule has 0 amide bonds. The van der Waals surface area contributed by atoms with Gasteiger partial charge in [-0.2, -0.15) is 5.10 Å². The number of aryl methyl sites for hydroxylation is 1. The van der Waals surface area contributed by atoms with Gasteiger partial charge >= 0.3 is 0 Å². The van der Waals surface area contributed by atoms with Crippen LogP contribution in [0, 0.1) is 13.8 Å². The largest absolute Gasteiger partial charge is 0.492 e. The molecule has 0 saturated carbocycles. The summed E-state index contributed by atoms with van der Waals surface area (Å²) in [7, 11) is 0. The van der Waals surface area contributed by atoms with Crippen molar-refractivity contribution < 1.29 is 4.74 Å². The molecule has 0 spiro atoms. The van der Waals surface area contributed by atoms with Crippen LogP contribution in [0.4, 0.5) is 0 Å². The zero-order valence-corrected chi connectivity index (χ0v) is 11.6. The van der Waals surface area contributed by atoms with Gasteiger partial charge in [0.25, 0.3) is 0 Å². The summed E-state index contributed by atoms with van der Waals surface area (Å²) in [6, 6.07) is 8.26. The fraction of sp³-hybridized carbons (Fsp3) is 0.250. The Morgan fingerprint density at radius 3 is 3.00 bits per heavy atom. The molecule has 2 aromatic heterocycles. The highest BCUT2D eigenvalue weighted by molar-refractivity contribution is 5.74. The number of aromatic nitrogens is 3. The molecule has 4 rings (SSSR count). The third kappa shape index (κ3) is 1.48. The van der Waals surface area contributed by atoms with Gasteiger partial charge in [-0.15, -0.1) is 0 Å². The zero-order chi connectivity index (χ0) is 13.7. The lowest BCUT2D eigenvalue weighted by Gasteiger charge is -2.14. The highest BCUT2D eigenvalue weighted by Crippen LogP contribution is 2.38. The summed E-state index contributed by atoms with van der Waals surface area (Å²) in [6.45, 7) is 4.89. The van der Waals surface area contributed by atoms with E-state index in [1.807, 2.05) is 17.5 Å². The van der Waals surface area contributed by atoms with Gasteiger partial charge in [0.05, 0.1) is 18.5 Å². The number of benzene rings is 1. The van der Waals surface area contributed by atoms with Gasteiger partial charge in [0, 0.05) is 23.7 Å². The SMILES string of the molecule is Cc1nc2ccnn2c(-c2cccc3c2OCC3)c1C. The maximum atomic E-state index is 5.84. The molecule has 100 valence electrons. The van der Waals surface area contributed by atoms with Crippen LogP contribution < -0.4 is 4.74 Å². The number of hydrogen-bond donors (Lipinski definition) is 0. The van der Waals surface area contributed by atoms with Crippen LogP contribution in [0.5, 0.6) is 5.75 Å². The van der Waals surface area contributed by atoms with E-state index in [1.165, 1.54) is 5.56 Å². The van der Waals surface area contributed by atoms with Gasteiger partial charge < -0.3 is 4.74 Å². The molecule has 4 nitrogen and oxygen atoms in total. The molecule has 3 heterocycles. The standard InChI is InChI=1S/C16H15N3O/c1-10-11(2)18-14-6-8-17-19(14)15(10)13-5-3-4-12-7-9-20-16(12)13/h3-6,8H,7,9H2,1-2H3. The maximum Gasteiger partial charge on any atom is 0.155 e. The maximum absolute atomic E-state index is 5.84. The van der Waals surface area contributed by atoms with E-state index < -0.39 is 0 Å². The van der Waals surface area contributed by atoms with Gasteiger partial charge in [0.1, 0.15) is 5.75 Å². The number of hydrogen-bond acceptors (Lipinski definition) is 3. The summed E-state index contributed by atoms with van der Waals surface area (Å²) < 4.78 is 7.75. The van der Waals surface area contributed by atoms with Crippen LogP contribution in [0.25, 0.3) is 16.9 Å². The lowest BCUT2D eigenvalue weighted by atomic mass is 10.0. The van der Waals surface area contributed by atoms with E-state index >= 15 is 0 Å². The lowest BCUT2D eigenvalue weighted by Crippen LogP contribution is -2.03. The summed E-state index contributed by atoms with van der Waals surface area (Å²) >= 11 is 0. The zero-order valence-electron chi connectivity index (χ0n) is 11.6. The lowest BCUT2D eigenvalue weighted by molar-refractivity contribution is 0.358. The topological polar surface area (TPSA) is 39.4 Å². The van der Waals surface area contributed by atoms with Crippen LogP contribution in [0.15, 0.2) is 30.5 Å². The van der Waals surface area contributed by atoms with Crippen molar-refractivity contribution in [3.05, 3.63) is 47.3 Å². The molecule has 0 saturated heterocycles. The van der Waals surface area contributed by atoms with Crippen LogP contribution in [0.3, 0.4) is 0 Å². The molecule has 3 aromatic rings. The van der Waals surface area contributed by atoms with Gasteiger partial charge in [-0.1, -0.05) is 12.1 Å². The first kappa shape index (κ1) is 11.5. The molecule has 0 fully saturated rings. The Morgan fingerprint density at radius 2 is 2.10 bits per heavy atom. The molecule has 0 radical (unpaired) electrons. The van der Waals surface area contributed by atoms with Gasteiger partial charge in [-0.05, 0) is 31.0 Å². The monoisotopic (exact) mass is 265 g/mol. The van der Waals surface area contributed by atoms with E-state index in [-0.39, 0.29) is 0 Å². The van der Waals surface area contributed by atoms with Crippen LogP contribution in [0.1, 0.15) is 16.8 Å². The summed E-state index contributed by atoms with van der Waals surface area (Å²) in [5.41, 5.74) is 6.51. The molecule has 0 atom stereocenters. The minimum Gasteiger partial charge on any atom is -0.492 e. The molecule has 0 N–H and O–H groups in total. The average molecular weight is 265 g/mol. The first-order valence-corrected chi connectivity index (χ1v) is 6.82. The van der Waals surface area contributed by atoms with Crippen LogP contribution in [-0.4, -0.2) is 21.2 Å². The number of nitrogens with zero attached hydrogens (tertiary/aromatic N) is 3. The Hall–Kier alpha value is -2.36. The number of ether oxygens (including phenoxy) is 1. The van der Waals surface area contributed by atoms with Crippen molar-refractivity contribution in [2.45, 2.75) is 20.3 Å². The molecule has 0 bridgehead atoms. The van der Waals surface area contributed by atoms with Crippen LogP contribution >= 0.6 is 0 Å². The van der Waals surface area contributed by atoms with Gasteiger partial charge in [-0.25, -0.2) is 9.50 Å². The molecular formula is C16H15N3O. The predicted octanol–water partition coefficient (Wildman–Crippen LogP) is 2.95. The fourth-order valence-corrected chi connectivity index (χ4v) is 2.86.